The van der Waals surface area contributed by atoms with Crippen molar-refractivity contribution >= 4 is 34.8 Å². The lowest BCUT2D eigenvalue weighted by atomic mass is 10.2. The molecule has 98 valence electrons. The zero-order chi connectivity index (χ0) is 13.3. The summed E-state index contributed by atoms with van der Waals surface area (Å²) in [5.74, 6) is -0.625. The number of amides is 1. The van der Waals surface area contributed by atoms with E-state index in [0.717, 1.165) is 25.0 Å². The monoisotopic (exact) mass is 290 g/mol. The standard InChI is InChI=1S/C12H13Cl2FN2O/c1-6(12(18)17-8-2-3-8)16-11-9(13)4-7(15)5-10(11)14/h4-6,8,16H,2-3H2,1H3,(H,17,18). The van der Waals surface area contributed by atoms with Crippen LogP contribution in [0.4, 0.5) is 10.1 Å². The Labute approximate surface area is 115 Å². The lowest BCUT2D eigenvalue weighted by Crippen LogP contribution is -2.38. The van der Waals surface area contributed by atoms with Gasteiger partial charge in [0.2, 0.25) is 5.91 Å². The Bertz CT molecular complexity index is 454. The van der Waals surface area contributed by atoms with Crippen molar-refractivity contribution in [3.8, 4) is 0 Å². The van der Waals surface area contributed by atoms with Gasteiger partial charge in [0.1, 0.15) is 11.9 Å². The van der Waals surface area contributed by atoms with E-state index in [1.165, 1.54) is 0 Å². The summed E-state index contributed by atoms with van der Waals surface area (Å²) in [5.41, 5.74) is 0.373. The first-order valence-corrected chi connectivity index (χ1v) is 6.44. The van der Waals surface area contributed by atoms with Crippen molar-refractivity contribution in [2.24, 2.45) is 0 Å². The minimum atomic E-state index is -0.509. The summed E-state index contributed by atoms with van der Waals surface area (Å²) in [4.78, 5) is 11.8. The Morgan fingerprint density at radius 3 is 2.44 bits per heavy atom. The summed E-state index contributed by atoms with van der Waals surface area (Å²) >= 11 is 11.8. The largest absolute Gasteiger partial charge is 0.371 e. The van der Waals surface area contributed by atoms with Crippen LogP contribution in [0.1, 0.15) is 19.8 Å². The van der Waals surface area contributed by atoms with E-state index >= 15 is 0 Å². The fraction of sp³-hybridized carbons (Fsp3) is 0.417. The molecular formula is C12H13Cl2FN2O. The van der Waals surface area contributed by atoms with Crippen LogP contribution in [0.3, 0.4) is 0 Å². The topological polar surface area (TPSA) is 41.1 Å². The van der Waals surface area contributed by atoms with Gasteiger partial charge in [-0.15, -0.1) is 0 Å². The van der Waals surface area contributed by atoms with Gasteiger partial charge in [-0.05, 0) is 31.9 Å². The predicted octanol–water partition coefficient (Wildman–Crippen LogP) is 3.21. The molecule has 0 saturated heterocycles. The Hall–Kier alpha value is -1.00. The van der Waals surface area contributed by atoms with E-state index in [-0.39, 0.29) is 16.0 Å². The van der Waals surface area contributed by atoms with Gasteiger partial charge >= 0.3 is 0 Å². The minimum Gasteiger partial charge on any atom is -0.371 e. The molecule has 0 bridgehead atoms. The van der Waals surface area contributed by atoms with Crippen LogP contribution in [-0.4, -0.2) is 18.0 Å². The molecule has 1 atom stereocenters. The highest BCUT2D eigenvalue weighted by Crippen LogP contribution is 2.32. The second-order valence-corrected chi connectivity index (χ2v) is 5.21. The molecule has 1 aliphatic rings. The lowest BCUT2D eigenvalue weighted by molar-refractivity contribution is -0.121. The number of carbonyl (C=O) groups is 1. The highest BCUT2D eigenvalue weighted by atomic mass is 35.5. The van der Waals surface area contributed by atoms with E-state index in [4.69, 9.17) is 23.2 Å². The number of halogens is 3. The lowest BCUT2D eigenvalue weighted by Gasteiger charge is -2.17. The fourth-order valence-electron chi connectivity index (χ4n) is 1.52. The van der Waals surface area contributed by atoms with E-state index in [1.807, 2.05) is 0 Å². The SMILES string of the molecule is CC(Nc1c(Cl)cc(F)cc1Cl)C(=O)NC1CC1. The van der Waals surface area contributed by atoms with Gasteiger partial charge in [-0.2, -0.15) is 0 Å². The van der Waals surface area contributed by atoms with Gasteiger partial charge < -0.3 is 10.6 Å². The summed E-state index contributed by atoms with van der Waals surface area (Å²) < 4.78 is 13.0. The minimum absolute atomic E-state index is 0.117. The maximum Gasteiger partial charge on any atom is 0.242 e. The number of hydrogen-bond acceptors (Lipinski definition) is 2. The Balaban J connectivity index is 2.05. The number of anilines is 1. The third kappa shape index (κ3) is 3.27. The molecule has 1 saturated carbocycles. The number of hydrogen-bond donors (Lipinski definition) is 2. The van der Waals surface area contributed by atoms with Crippen LogP contribution >= 0.6 is 23.2 Å². The highest BCUT2D eigenvalue weighted by Gasteiger charge is 2.26. The second-order valence-electron chi connectivity index (χ2n) is 4.39. The predicted molar refractivity (Wildman–Crippen MR) is 70.7 cm³/mol. The maximum absolute atomic E-state index is 13.0. The molecular weight excluding hydrogens is 278 g/mol. The Morgan fingerprint density at radius 1 is 1.39 bits per heavy atom. The first-order chi connectivity index (χ1) is 8.47. The van der Waals surface area contributed by atoms with Crippen LogP contribution in [-0.2, 0) is 4.79 Å². The van der Waals surface area contributed by atoms with Crippen LogP contribution < -0.4 is 10.6 Å². The molecule has 1 fully saturated rings. The first-order valence-electron chi connectivity index (χ1n) is 5.69. The molecule has 2 rings (SSSR count). The normalized spacial score (nSPS) is 16.2. The third-order valence-electron chi connectivity index (χ3n) is 2.68. The highest BCUT2D eigenvalue weighted by molar-refractivity contribution is 6.39. The Morgan fingerprint density at radius 2 is 1.94 bits per heavy atom. The molecule has 0 aromatic heterocycles. The van der Waals surface area contributed by atoms with Gasteiger partial charge in [0, 0.05) is 6.04 Å². The van der Waals surface area contributed by atoms with Gasteiger partial charge in [0.25, 0.3) is 0 Å². The van der Waals surface area contributed by atoms with Gasteiger partial charge in [0.15, 0.2) is 0 Å². The van der Waals surface area contributed by atoms with Gasteiger partial charge in [0.05, 0.1) is 15.7 Å². The van der Waals surface area contributed by atoms with Crippen LogP contribution in [0, 0.1) is 5.82 Å². The molecule has 1 aliphatic carbocycles. The van der Waals surface area contributed by atoms with E-state index in [0.29, 0.717) is 11.7 Å². The zero-order valence-corrected chi connectivity index (χ0v) is 11.3. The van der Waals surface area contributed by atoms with Crippen molar-refractivity contribution in [1.29, 1.82) is 0 Å². The zero-order valence-electron chi connectivity index (χ0n) is 9.77. The molecule has 1 aromatic rings. The molecule has 0 aliphatic heterocycles. The van der Waals surface area contributed by atoms with E-state index in [2.05, 4.69) is 10.6 Å². The molecule has 1 aromatic carbocycles. The molecule has 0 spiro atoms. The van der Waals surface area contributed by atoms with Crippen molar-refractivity contribution in [2.75, 3.05) is 5.32 Å². The van der Waals surface area contributed by atoms with Crippen LogP contribution in [0.2, 0.25) is 10.0 Å². The van der Waals surface area contributed by atoms with Crippen LogP contribution in [0.25, 0.3) is 0 Å². The summed E-state index contributed by atoms with van der Waals surface area (Å²) in [6.45, 7) is 1.70. The third-order valence-corrected chi connectivity index (χ3v) is 3.28. The van der Waals surface area contributed by atoms with Crippen LogP contribution in [0.5, 0.6) is 0 Å². The average Bonchev–Trinajstić information content (AvgIpc) is 3.06. The van der Waals surface area contributed by atoms with E-state index < -0.39 is 11.9 Å². The number of rotatable bonds is 4. The summed E-state index contributed by atoms with van der Waals surface area (Å²) in [6.07, 6.45) is 2.05. The van der Waals surface area contributed by atoms with Gasteiger partial charge in [-0.3, -0.25) is 4.79 Å². The number of benzene rings is 1. The second kappa shape index (κ2) is 5.33. The fourth-order valence-corrected chi connectivity index (χ4v) is 2.09. The molecule has 2 N–H and O–H groups in total. The summed E-state index contributed by atoms with van der Waals surface area (Å²) in [5, 5.41) is 6.08. The van der Waals surface area contributed by atoms with E-state index in [1.54, 1.807) is 6.92 Å². The number of carbonyl (C=O) groups excluding carboxylic acids is 1. The van der Waals surface area contributed by atoms with E-state index in [9.17, 15) is 9.18 Å². The average molecular weight is 291 g/mol. The van der Waals surface area contributed by atoms with Crippen molar-refractivity contribution in [1.82, 2.24) is 5.32 Å². The maximum atomic E-state index is 13.0. The van der Waals surface area contributed by atoms with Crippen molar-refractivity contribution in [3.05, 3.63) is 28.0 Å². The first kappa shape index (κ1) is 13.4. The molecule has 1 unspecified atom stereocenters. The van der Waals surface area contributed by atoms with Crippen molar-refractivity contribution in [3.63, 3.8) is 0 Å². The molecule has 0 radical (unpaired) electrons. The molecule has 6 heteroatoms. The van der Waals surface area contributed by atoms with Gasteiger partial charge in [-0.1, -0.05) is 23.2 Å². The van der Waals surface area contributed by atoms with Crippen molar-refractivity contribution in [2.45, 2.75) is 31.8 Å². The molecule has 3 nitrogen and oxygen atoms in total. The smallest absolute Gasteiger partial charge is 0.242 e. The molecule has 1 amide bonds. The van der Waals surface area contributed by atoms with Crippen molar-refractivity contribution < 1.29 is 9.18 Å². The summed E-state index contributed by atoms with van der Waals surface area (Å²) in [6, 6.07) is 2.12. The molecule has 18 heavy (non-hydrogen) atoms. The molecule has 0 heterocycles. The van der Waals surface area contributed by atoms with Crippen LogP contribution in [0.15, 0.2) is 12.1 Å². The quantitative estimate of drug-likeness (QED) is 0.894. The number of nitrogens with one attached hydrogen (secondary N) is 2. The Kier molecular flexibility index (Phi) is 3.97. The van der Waals surface area contributed by atoms with Gasteiger partial charge in [-0.25, -0.2) is 4.39 Å². The summed E-state index contributed by atoms with van der Waals surface area (Å²) in [7, 11) is 0.